The number of hydrogen-bond acceptors (Lipinski definition) is 6. The molecule has 6 rings (SSSR count). The molecule has 0 radical (unpaired) electrons. The van der Waals surface area contributed by atoms with Gasteiger partial charge in [-0.3, -0.25) is 14.4 Å². The Morgan fingerprint density at radius 2 is 2.05 bits per heavy atom. The third-order valence-corrected chi connectivity index (χ3v) is 11.7. The van der Waals surface area contributed by atoms with Gasteiger partial charge in [0.15, 0.2) is 5.12 Å². The Bertz CT molecular complexity index is 1470. The third kappa shape index (κ3) is 4.53. The first-order valence-corrected chi connectivity index (χ1v) is 15.8. The number of nitrogens with two attached hydrogens (primary N) is 1. The molecule has 10 heteroatoms. The summed E-state index contributed by atoms with van der Waals surface area (Å²) in [6, 6.07) is 6.43. The second-order valence-electron chi connectivity index (χ2n) is 13.3. The Labute approximate surface area is 249 Å². The molecule has 1 unspecified atom stereocenters. The van der Waals surface area contributed by atoms with Gasteiger partial charge < -0.3 is 16.2 Å². The van der Waals surface area contributed by atoms with E-state index in [4.69, 9.17) is 10.8 Å². The van der Waals surface area contributed by atoms with Crippen molar-refractivity contribution < 1.29 is 23.9 Å². The number of hydrogen-bond donors (Lipinski definition) is 3. The summed E-state index contributed by atoms with van der Waals surface area (Å²) < 4.78 is 14.9. The number of nitrogens with zero attached hydrogens (tertiary/aromatic N) is 2. The molecule has 0 aliphatic heterocycles. The number of fused-ring (bicyclic) bond motifs is 6. The summed E-state index contributed by atoms with van der Waals surface area (Å²) in [5, 5.41) is 19.0. The summed E-state index contributed by atoms with van der Waals surface area (Å²) in [7, 11) is 0. The first-order chi connectivity index (χ1) is 20.0. The Balaban J connectivity index is 1.32. The number of aromatic nitrogens is 2. The summed E-state index contributed by atoms with van der Waals surface area (Å²) >= 11 is 0.784. The Kier molecular flexibility index (Phi) is 7.37. The van der Waals surface area contributed by atoms with E-state index >= 15 is 0 Å². The highest BCUT2D eigenvalue weighted by atomic mass is 32.2. The minimum Gasteiger partial charge on any atom is -0.393 e. The van der Waals surface area contributed by atoms with E-state index in [0.717, 1.165) is 54.4 Å². The quantitative estimate of drug-likeness (QED) is 0.458. The number of thioether (sulfide) groups is 1. The molecule has 42 heavy (non-hydrogen) atoms. The molecule has 2 amide bonds. The molecule has 3 fully saturated rings. The van der Waals surface area contributed by atoms with Crippen LogP contribution in [0.5, 0.6) is 0 Å². The number of amides is 2. The molecule has 4 aliphatic rings. The number of rotatable bonds is 6. The zero-order valence-electron chi connectivity index (χ0n) is 24.3. The van der Waals surface area contributed by atoms with E-state index < -0.39 is 18.0 Å². The Morgan fingerprint density at radius 1 is 1.26 bits per heavy atom. The highest BCUT2D eigenvalue weighted by molar-refractivity contribution is 8.13. The predicted molar refractivity (Wildman–Crippen MR) is 159 cm³/mol. The lowest BCUT2D eigenvalue weighted by molar-refractivity contribution is -0.139. The molecule has 1 aromatic carbocycles. The van der Waals surface area contributed by atoms with Crippen molar-refractivity contribution in [3.05, 3.63) is 52.9 Å². The highest BCUT2D eigenvalue weighted by Crippen LogP contribution is 2.67. The van der Waals surface area contributed by atoms with E-state index in [9.17, 15) is 23.9 Å². The van der Waals surface area contributed by atoms with Gasteiger partial charge in [-0.1, -0.05) is 44.2 Å². The number of allylic oxidation sites excluding steroid dienone is 1. The van der Waals surface area contributed by atoms with E-state index in [1.165, 1.54) is 5.57 Å². The molecule has 4 N–H and O–H groups in total. The number of aliphatic hydroxyl groups is 1. The van der Waals surface area contributed by atoms with E-state index in [1.54, 1.807) is 18.2 Å². The van der Waals surface area contributed by atoms with Gasteiger partial charge in [-0.15, -0.1) is 0 Å². The monoisotopic (exact) mass is 594 g/mol. The molecule has 1 aromatic heterocycles. The van der Waals surface area contributed by atoms with Gasteiger partial charge in [0.25, 0.3) is 5.91 Å². The number of alkyl halides is 1. The largest absolute Gasteiger partial charge is 0.393 e. The second kappa shape index (κ2) is 10.6. The maximum atomic E-state index is 13.1. The van der Waals surface area contributed by atoms with E-state index in [0.29, 0.717) is 17.9 Å². The fraction of sp³-hybridized carbons (Fsp3) is 0.562. The first-order valence-electron chi connectivity index (χ1n) is 14.8. The number of halogens is 1. The van der Waals surface area contributed by atoms with Crippen LogP contribution in [0.2, 0.25) is 0 Å². The lowest BCUT2D eigenvalue weighted by Crippen LogP contribution is -2.58. The van der Waals surface area contributed by atoms with Crippen LogP contribution in [0.25, 0.3) is 11.8 Å². The van der Waals surface area contributed by atoms with Crippen LogP contribution in [-0.4, -0.2) is 50.5 Å². The predicted octanol–water partition coefficient (Wildman–Crippen LogP) is 4.29. The lowest BCUT2D eigenvalue weighted by Gasteiger charge is -2.61. The number of benzene rings is 1. The van der Waals surface area contributed by atoms with Crippen LogP contribution in [0.15, 0.2) is 36.0 Å². The van der Waals surface area contributed by atoms with Crippen LogP contribution in [-0.2, 0) is 16.0 Å². The van der Waals surface area contributed by atoms with Gasteiger partial charge in [0.2, 0.25) is 5.91 Å². The molecule has 224 valence electrons. The zero-order chi connectivity index (χ0) is 30.0. The van der Waals surface area contributed by atoms with Gasteiger partial charge in [0, 0.05) is 11.5 Å². The smallest absolute Gasteiger partial charge is 0.251 e. The van der Waals surface area contributed by atoms with Gasteiger partial charge in [-0.25, -0.2) is 9.07 Å². The topological polar surface area (TPSA) is 127 Å². The van der Waals surface area contributed by atoms with E-state index in [-0.39, 0.29) is 52.1 Å². The SMILES string of the molecule is C[C@H]1C[C@@H]2[C@H]([C@@H](O)C[C@@]3(C)C(C(=O)SCF)CC[C@@H]23)[C@@]2(C)Cc3cnn(-c4cccc(C(=O)NCC(N)=O)c4)c3C=C12. The molecule has 0 spiro atoms. The average Bonchev–Trinajstić information content (AvgIpc) is 3.50. The maximum absolute atomic E-state index is 13.1. The lowest BCUT2D eigenvalue weighted by atomic mass is 9.44. The van der Waals surface area contributed by atoms with Crippen molar-refractivity contribution in [1.82, 2.24) is 15.1 Å². The minimum absolute atomic E-state index is 0.0621. The Morgan fingerprint density at radius 3 is 2.79 bits per heavy atom. The molecule has 2 aromatic rings. The molecule has 3 saturated carbocycles. The molecule has 4 aliphatic carbocycles. The summed E-state index contributed by atoms with van der Waals surface area (Å²) in [6.07, 6.45) is 7.56. The third-order valence-electron chi connectivity index (χ3n) is 11.0. The molecule has 8 nitrogen and oxygen atoms in total. The van der Waals surface area contributed by atoms with Gasteiger partial charge >= 0.3 is 0 Å². The molecule has 0 bridgehead atoms. The zero-order valence-corrected chi connectivity index (χ0v) is 25.1. The van der Waals surface area contributed by atoms with Crippen molar-refractivity contribution in [2.45, 2.75) is 59.0 Å². The number of carbonyl (C=O) groups is 3. The summed E-state index contributed by atoms with van der Waals surface area (Å²) in [4.78, 5) is 36.6. The van der Waals surface area contributed by atoms with E-state index in [1.807, 2.05) is 16.9 Å². The fourth-order valence-corrected chi connectivity index (χ4v) is 10.1. The van der Waals surface area contributed by atoms with Crippen molar-refractivity contribution in [2.24, 2.45) is 46.2 Å². The first kappa shape index (κ1) is 29.1. The summed E-state index contributed by atoms with van der Waals surface area (Å²) in [5.41, 5.74) is 9.15. The van der Waals surface area contributed by atoms with Crippen molar-refractivity contribution >= 4 is 34.8 Å². The Hall–Kier alpha value is -2.98. The van der Waals surface area contributed by atoms with Crippen LogP contribution in [0.1, 0.15) is 68.1 Å². The maximum Gasteiger partial charge on any atom is 0.251 e. The molecule has 8 atom stereocenters. The summed E-state index contributed by atoms with van der Waals surface area (Å²) in [6.45, 7) is 6.49. The molecule has 0 saturated heterocycles. The molecular formula is C32H39FN4O4S. The van der Waals surface area contributed by atoms with Gasteiger partial charge in [-0.2, -0.15) is 5.10 Å². The standard InChI is InChI=1S/C32H39FN4O4S/c1-17-9-21-22-7-8-23(30(41)42-16-33)31(22,2)13-26(38)28(21)32(3)12-19-14-36-37(25(19)11-24(17)32)20-6-4-5-18(10-20)29(40)35-15-27(34)39/h4-6,10-11,14,17,21-23,26,28,38H,7-9,12-13,15-16H2,1-3H3,(H2,34,39)(H,35,40)/t17-,21-,22-,23?,26-,28+,31+,32-/m0/s1. The average molecular weight is 595 g/mol. The van der Waals surface area contributed by atoms with Crippen LogP contribution >= 0.6 is 11.8 Å². The highest BCUT2D eigenvalue weighted by Gasteiger charge is 2.64. The van der Waals surface area contributed by atoms with Crippen molar-refractivity contribution in [3.63, 3.8) is 0 Å². The number of primary amides is 1. The number of carbonyl (C=O) groups excluding carboxylic acids is 3. The minimum atomic E-state index is -0.698. The molecule has 1 heterocycles. The molecular weight excluding hydrogens is 555 g/mol. The van der Waals surface area contributed by atoms with Crippen molar-refractivity contribution in [3.8, 4) is 5.69 Å². The number of nitrogens with one attached hydrogen (secondary N) is 1. The van der Waals surface area contributed by atoms with Crippen molar-refractivity contribution in [2.75, 3.05) is 12.6 Å². The summed E-state index contributed by atoms with van der Waals surface area (Å²) in [5.74, 6) is -0.234. The van der Waals surface area contributed by atoms with Crippen molar-refractivity contribution in [1.29, 1.82) is 0 Å². The fourth-order valence-electron chi connectivity index (χ4n) is 9.42. The van der Waals surface area contributed by atoms with Gasteiger partial charge in [0.05, 0.1) is 30.2 Å². The van der Waals surface area contributed by atoms with Gasteiger partial charge in [-0.05, 0) is 96.4 Å². The normalized spacial score (nSPS) is 34.8. The van der Waals surface area contributed by atoms with E-state index in [2.05, 4.69) is 32.2 Å². The second-order valence-corrected chi connectivity index (χ2v) is 14.2. The number of aliphatic hydroxyl groups excluding tert-OH is 1. The van der Waals surface area contributed by atoms with Crippen LogP contribution < -0.4 is 11.1 Å². The van der Waals surface area contributed by atoms with Crippen LogP contribution in [0, 0.1) is 40.4 Å². The van der Waals surface area contributed by atoms with Crippen LogP contribution in [0.3, 0.4) is 0 Å². The van der Waals surface area contributed by atoms with Crippen LogP contribution in [0.4, 0.5) is 4.39 Å². The van der Waals surface area contributed by atoms with Gasteiger partial charge in [0.1, 0.15) is 6.01 Å².